The normalized spacial score (nSPS) is 15.1. The van der Waals surface area contributed by atoms with E-state index in [9.17, 15) is 19.5 Å². The smallest absolute Gasteiger partial charge is 0.408 e. The predicted octanol–water partition coefficient (Wildman–Crippen LogP) is 6.55. The summed E-state index contributed by atoms with van der Waals surface area (Å²) in [4.78, 5) is 42.9. The molecule has 0 heterocycles. The van der Waals surface area contributed by atoms with Crippen LogP contribution in [-0.2, 0) is 14.3 Å². The Morgan fingerprint density at radius 3 is 2.22 bits per heavy atom. The molecule has 2 atom stereocenters. The highest BCUT2D eigenvalue weighted by molar-refractivity contribution is 6.00. The summed E-state index contributed by atoms with van der Waals surface area (Å²) < 4.78 is 5.47. The molecule has 2 unspecified atom stereocenters. The molecule has 3 aromatic rings. The lowest BCUT2D eigenvalue weighted by molar-refractivity contribution is -0.146. The number of phenolic OH excluding ortho intramolecular Hbond substituents is 1. The number of phenols is 1. The molecule has 0 saturated heterocycles. The van der Waals surface area contributed by atoms with Crippen molar-refractivity contribution >= 4 is 34.4 Å². The number of amides is 3. The van der Waals surface area contributed by atoms with E-state index in [4.69, 9.17) is 4.74 Å². The molecule has 3 aromatic carbocycles. The van der Waals surface area contributed by atoms with E-state index >= 15 is 0 Å². The van der Waals surface area contributed by atoms with Gasteiger partial charge in [-0.3, -0.25) is 9.59 Å². The van der Waals surface area contributed by atoms with Gasteiger partial charge in [-0.05, 0) is 93.0 Å². The van der Waals surface area contributed by atoms with Gasteiger partial charge in [0.25, 0.3) is 5.91 Å². The Kier molecular flexibility index (Phi) is 9.21. The van der Waals surface area contributed by atoms with Crippen molar-refractivity contribution in [3.05, 3.63) is 72.3 Å². The SMILES string of the molecule is CC(C)CC(NC(=O)OC(C)(C)C)C(=O)N(C1CCC1)C(C(=O)Nc1ccc2ccccc2c1)c1ccc(O)cc1. The van der Waals surface area contributed by atoms with E-state index in [1.807, 2.05) is 56.3 Å². The first-order valence-electron chi connectivity index (χ1n) is 14.3. The number of ether oxygens (including phenoxy) is 1. The number of rotatable bonds is 9. The molecule has 1 saturated carbocycles. The monoisotopic (exact) mass is 559 g/mol. The van der Waals surface area contributed by atoms with Gasteiger partial charge in [0.1, 0.15) is 23.4 Å². The zero-order valence-electron chi connectivity index (χ0n) is 24.5. The number of anilines is 1. The van der Waals surface area contributed by atoms with E-state index < -0.39 is 23.8 Å². The molecule has 0 radical (unpaired) electrons. The largest absolute Gasteiger partial charge is 0.508 e. The van der Waals surface area contributed by atoms with Crippen LogP contribution in [0, 0.1) is 5.92 Å². The summed E-state index contributed by atoms with van der Waals surface area (Å²) in [6, 6.07) is 17.9. The number of nitrogens with one attached hydrogen (secondary N) is 2. The number of aromatic hydroxyl groups is 1. The van der Waals surface area contributed by atoms with Crippen molar-refractivity contribution in [3.8, 4) is 5.75 Å². The molecule has 0 bridgehead atoms. The van der Waals surface area contributed by atoms with Crippen LogP contribution in [0.4, 0.5) is 10.5 Å². The van der Waals surface area contributed by atoms with Crippen LogP contribution in [0.1, 0.15) is 71.9 Å². The van der Waals surface area contributed by atoms with Crippen LogP contribution in [0.25, 0.3) is 10.8 Å². The van der Waals surface area contributed by atoms with E-state index in [1.54, 1.807) is 37.8 Å². The first-order chi connectivity index (χ1) is 19.4. The Morgan fingerprint density at radius 2 is 1.63 bits per heavy atom. The predicted molar refractivity (Wildman–Crippen MR) is 161 cm³/mol. The molecule has 1 fully saturated rings. The van der Waals surface area contributed by atoms with E-state index in [2.05, 4.69) is 10.6 Å². The molecule has 41 heavy (non-hydrogen) atoms. The fourth-order valence-electron chi connectivity index (χ4n) is 5.08. The number of nitrogens with zero attached hydrogens (tertiary/aromatic N) is 1. The Morgan fingerprint density at radius 1 is 0.976 bits per heavy atom. The standard InChI is InChI=1S/C33H41N3O5/c1-21(2)19-28(35-32(40)41-33(3,4)5)31(39)36(26-11-8-12-26)29(23-14-17-27(37)18-15-23)30(38)34-25-16-13-22-9-6-7-10-24(22)20-25/h6-7,9-10,13-18,20-21,26,28-29,37H,8,11-12,19H2,1-5H3,(H,34,38)(H,35,40). The lowest BCUT2D eigenvalue weighted by Crippen LogP contribution is -2.57. The highest BCUT2D eigenvalue weighted by atomic mass is 16.6. The molecule has 0 aromatic heterocycles. The van der Waals surface area contributed by atoms with Crippen molar-refractivity contribution in [2.24, 2.45) is 5.92 Å². The zero-order valence-corrected chi connectivity index (χ0v) is 24.5. The van der Waals surface area contributed by atoms with Crippen LogP contribution in [0.3, 0.4) is 0 Å². The Bertz CT molecular complexity index is 1380. The molecule has 3 N–H and O–H groups in total. The van der Waals surface area contributed by atoms with Crippen molar-refractivity contribution in [3.63, 3.8) is 0 Å². The van der Waals surface area contributed by atoms with Crippen LogP contribution in [0.2, 0.25) is 0 Å². The minimum absolute atomic E-state index is 0.0632. The molecule has 4 rings (SSSR count). The second-order valence-electron chi connectivity index (χ2n) is 12.2. The van der Waals surface area contributed by atoms with Crippen molar-refractivity contribution < 1.29 is 24.2 Å². The summed E-state index contributed by atoms with van der Waals surface area (Å²) in [7, 11) is 0. The van der Waals surface area contributed by atoms with Crippen LogP contribution < -0.4 is 10.6 Å². The number of hydrogen-bond donors (Lipinski definition) is 3. The van der Waals surface area contributed by atoms with Gasteiger partial charge in [-0.25, -0.2) is 4.79 Å². The molecule has 8 heteroatoms. The van der Waals surface area contributed by atoms with Crippen LogP contribution in [0.15, 0.2) is 66.7 Å². The fraction of sp³-hybridized carbons (Fsp3) is 0.424. The summed E-state index contributed by atoms with van der Waals surface area (Å²) in [6.45, 7) is 9.27. The van der Waals surface area contributed by atoms with Gasteiger partial charge in [0.2, 0.25) is 5.91 Å². The first-order valence-corrected chi connectivity index (χ1v) is 14.3. The number of carbonyl (C=O) groups excluding carboxylic acids is 3. The molecule has 3 amide bonds. The van der Waals surface area contributed by atoms with Gasteiger partial charge in [0.05, 0.1) is 0 Å². The third-order valence-electron chi connectivity index (χ3n) is 7.17. The highest BCUT2D eigenvalue weighted by Crippen LogP contribution is 2.35. The highest BCUT2D eigenvalue weighted by Gasteiger charge is 2.42. The van der Waals surface area contributed by atoms with E-state index in [0.29, 0.717) is 17.7 Å². The molecular formula is C33H41N3O5. The molecule has 8 nitrogen and oxygen atoms in total. The number of carbonyl (C=O) groups is 3. The molecule has 0 spiro atoms. The van der Waals surface area contributed by atoms with Gasteiger partial charge in [0.15, 0.2) is 0 Å². The van der Waals surface area contributed by atoms with E-state index in [0.717, 1.165) is 30.0 Å². The first kappa shape index (κ1) is 29.9. The molecule has 1 aliphatic carbocycles. The van der Waals surface area contributed by atoms with E-state index in [-0.39, 0.29) is 29.5 Å². The van der Waals surface area contributed by atoms with Crippen LogP contribution in [-0.4, -0.2) is 45.6 Å². The quantitative estimate of drug-likeness (QED) is 0.276. The van der Waals surface area contributed by atoms with E-state index in [1.165, 1.54) is 12.1 Å². The number of fused-ring (bicyclic) bond motifs is 1. The molecular weight excluding hydrogens is 518 g/mol. The summed E-state index contributed by atoms with van der Waals surface area (Å²) >= 11 is 0. The van der Waals surface area contributed by atoms with Crippen molar-refractivity contribution in [1.29, 1.82) is 0 Å². The minimum Gasteiger partial charge on any atom is -0.508 e. The van der Waals surface area contributed by atoms with Gasteiger partial charge in [0, 0.05) is 11.7 Å². The summed E-state index contributed by atoms with van der Waals surface area (Å²) in [5.41, 5.74) is 0.461. The maximum absolute atomic E-state index is 14.4. The minimum atomic E-state index is -0.977. The number of benzene rings is 3. The third-order valence-corrected chi connectivity index (χ3v) is 7.17. The average Bonchev–Trinajstić information content (AvgIpc) is 2.86. The number of hydrogen-bond acceptors (Lipinski definition) is 5. The summed E-state index contributed by atoms with van der Waals surface area (Å²) in [6.07, 6.45) is 2.16. The lowest BCUT2D eigenvalue weighted by atomic mass is 9.87. The maximum Gasteiger partial charge on any atom is 0.408 e. The van der Waals surface area contributed by atoms with Crippen molar-refractivity contribution in [2.75, 3.05) is 5.32 Å². The number of alkyl carbamates (subject to hydrolysis) is 1. The summed E-state index contributed by atoms with van der Waals surface area (Å²) in [5.74, 6) is -0.540. The molecule has 0 aliphatic heterocycles. The Balaban J connectivity index is 1.71. The second kappa shape index (κ2) is 12.6. The maximum atomic E-state index is 14.4. The van der Waals surface area contributed by atoms with Gasteiger partial charge in [-0.15, -0.1) is 0 Å². The summed E-state index contributed by atoms with van der Waals surface area (Å²) in [5, 5.41) is 17.8. The fourth-order valence-corrected chi connectivity index (χ4v) is 5.08. The van der Waals surface area contributed by atoms with Gasteiger partial charge in [-0.1, -0.05) is 56.3 Å². The van der Waals surface area contributed by atoms with Crippen molar-refractivity contribution in [2.45, 2.75) is 84.0 Å². The molecule has 1 aliphatic rings. The second-order valence-corrected chi connectivity index (χ2v) is 12.2. The van der Waals surface area contributed by atoms with Crippen molar-refractivity contribution in [1.82, 2.24) is 10.2 Å². The Labute approximate surface area is 242 Å². The third kappa shape index (κ3) is 7.78. The molecule has 218 valence electrons. The average molecular weight is 560 g/mol. The lowest BCUT2D eigenvalue weighted by Gasteiger charge is -2.43. The Hall–Kier alpha value is -4.07. The van der Waals surface area contributed by atoms with Gasteiger partial charge in [-0.2, -0.15) is 0 Å². The van der Waals surface area contributed by atoms with Crippen LogP contribution >= 0.6 is 0 Å². The van der Waals surface area contributed by atoms with Gasteiger partial charge < -0.3 is 25.4 Å². The zero-order chi connectivity index (χ0) is 29.7. The van der Waals surface area contributed by atoms with Crippen LogP contribution in [0.5, 0.6) is 5.75 Å². The van der Waals surface area contributed by atoms with Gasteiger partial charge >= 0.3 is 6.09 Å². The topological polar surface area (TPSA) is 108 Å².